The summed E-state index contributed by atoms with van der Waals surface area (Å²) in [6.45, 7) is 1.22. The zero-order valence-corrected chi connectivity index (χ0v) is 18.4. The lowest BCUT2D eigenvalue weighted by Gasteiger charge is -2.40. The fourth-order valence-electron chi connectivity index (χ4n) is 5.58. The highest BCUT2D eigenvalue weighted by molar-refractivity contribution is 5.82. The van der Waals surface area contributed by atoms with Gasteiger partial charge in [-0.2, -0.15) is 0 Å². The summed E-state index contributed by atoms with van der Waals surface area (Å²) in [5.41, 5.74) is 4.68. The van der Waals surface area contributed by atoms with E-state index in [-0.39, 0.29) is 42.7 Å². The monoisotopic (exact) mass is 448 g/mol. The highest BCUT2D eigenvalue weighted by Crippen LogP contribution is 2.44. The number of rotatable bonds is 6. The van der Waals surface area contributed by atoms with Crippen LogP contribution in [-0.4, -0.2) is 53.7 Å². The molecule has 1 saturated heterocycles. The van der Waals surface area contributed by atoms with Crippen molar-refractivity contribution in [3.05, 3.63) is 59.7 Å². The SMILES string of the molecule is O=C(O)CC1CN(C(=O)[C@H]2CCC[C@H]2NC(=O)OCC2c3ccccc3-c3ccccc32)C1. The minimum absolute atomic E-state index is 0.00332. The maximum Gasteiger partial charge on any atom is 0.407 e. The van der Waals surface area contributed by atoms with Gasteiger partial charge < -0.3 is 20.1 Å². The van der Waals surface area contributed by atoms with Crippen molar-refractivity contribution in [3.63, 3.8) is 0 Å². The number of carboxylic acids is 1. The van der Waals surface area contributed by atoms with Crippen LogP contribution in [0.2, 0.25) is 0 Å². The molecule has 2 amide bonds. The predicted octanol–water partition coefficient (Wildman–Crippen LogP) is 3.63. The molecular formula is C26H28N2O5. The van der Waals surface area contributed by atoms with Crippen molar-refractivity contribution in [1.82, 2.24) is 10.2 Å². The highest BCUT2D eigenvalue weighted by atomic mass is 16.5. The van der Waals surface area contributed by atoms with Gasteiger partial charge in [-0.15, -0.1) is 0 Å². The van der Waals surface area contributed by atoms with Gasteiger partial charge in [0.05, 0.1) is 12.3 Å². The van der Waals surface area contributed by atoms with Crippen molar-refractivity contribution < 1.29 is 24.2 Å². The third-order valence-electron chi connectivity index (χ3n) is 7.21. The second-order valence-corrected chi connectivity index (χ2v) is 9.32. The molecule has 0 aromatic heterocycles. The third-order valence-corrected chi connectivity index (χ3v) is 7.21. The second-order valence-electron chi connectivity index (χ2n) is 9.32. The summed E-state index contributed by atoms with van der Waals surface area (Å²) in [6.07, 6.45) is 1.95. The summed E-state index contributed by atoms with van der Waals surface area (Å²) in [4.78, 5) is 38.1. The van der Waals surface area contributed by atoms with E-state index in [1.54, 1.807) is 4.90 Å². The van der Waals surface area contributed by atoms with Gasteiger partial charge in [0.25, 0.3) is 0 Å². The van der Waals surface area contributed by atoms with Crippen LogP contribution in [0.15, 0.2) is 48.5 Å². The van der Waals surface area contributed by atoms with Crippen LogP contribution in [0.25, 0.3) is 11.1 Å². The van der Waals surface area contributed by atoms with E-state index in [1.807, 2.05) is 24.3 Å². The van der Waals surface area contributed by atoms with Crippen LogP contribution in [0.4, 0.5) is 4.79 Å². The first-order valence-corrected chi connectivity index (χ1v) is 11.6. The second kappa shape index (κ2) is 8.89. The van der Waals surface area contributed by atoms with Crippen LogP contribution in [-0.2, 0) is 14.3 Å². The van der Waals surface area contributed by atoms with Gasteiger partial charge in [0.15, 0.2) is 0 Å². The van der Waals surface area contributed by atoms with Gasteiger partial charge in [-0.25, -0.2) is 4.79 Å². The van der Waals surface area contributed by atoms with E-state index in [2.05, 4.69) is 29.6 Å². The molecule has 1 aliphatic heterocycles. The number of likely N-dealkylation sites (tertiary alicyclic amines) is 1. The lowest BCUT2D eigenvalue weighted by atomic mass is 9.92. The quantitative estimate of drug-likeness (QED) is 0.704. The molecular weight excluding hydrogens is 420 g/mol. The molecule has 2 atom stereocenters. The van der Waals surface area contributed by atoms with E-state index in [9.17, 15) is 14.4 Å². The normalized spacial score (nSPS) is 21.8. The van der Waals surface area contributed by atoms with Crippen molar-refractivity contribution in [1.29, 1.82) is 0 Å². The van der Waals surface area contributed by atoms with Crippen molar-refractivity contribution in [2.45, 2.75) is 37.6 Å². The minimum Gasteiger partial charge on any atom is -0.481 e. The number of carbonyl (C=O) groups is 3. The Bertz CT molecular complexity index is 1030. The summed E-state index contributed by atoms with van der Waals surface area (Å²) >= 11 is 0. The molecule has 0 spiro atoms. The number of amides is 2. The van der Waals surface area contributed by atoms with E-state index < -0.39 is 12.1 Å². The summed E-state index contributed by atoms with van der Waals surface area (Å²) in [5, 5.41) is 11.8. The summed E-state index contributed by atoms with van der Waals surface area (Å²) in [7, 11) is 0. The molecule has 0 radical (unpaired) electrons. The number of ether oxygens (including phenoxy) is 1. The molecule has 172 valence electrons. The van der Waals surface area contributed by atoms with Crippen LogP contribution in [0.5, 0.6) is 0 Å². The number of fused-ring (bicyclic) bond motifs is 3. The first kappa shape index (κ1) is 21.5. The number of nitrogens with one attached hydrogen (secondary N) is 1. The fraction of sp³-hybridized carbons (Fsp3) is 0.423. The molecule has 2 aromatic carbocycles. The summed E-state index contributed by atoms with van der Waals surface area (Å²) in [5.74, 6) is -1.06. The van der Waals surface area contributed by atoms with Gasteiger partial charge in [0.2, 0.25) is 5.91 Å². The Morgan fingerprint density at radius 3 is 2.24 bits per heavy atom. The largest absolute Gasteiger partial charge is 0.481 e. The van der Waals surface area contributed by atoms with Gasteiger partial charge in [-0.1, -0.05) is 55.0 Å². The molecule has 1 heterocycles. The van der Waals surface area contributed by atoms with Gasteiger partial charge in [-0.05, 0) is 35.1 Å². The molecule has 1 saturated carbocycles. The Morgan fingerprint density at radius 2 is 1.61 bits per heavy atom. The van der Waals surface area contributed by atoms with Crippen LogP contribution in [0, 0.1) is 11.8 Å². The number of carboxylic acid groups (broad SMARTS) is 1. The molecule has 0 bridgehead atoms. The number of aliphatic carboxylic acids is 1. The maximum atomic E-state index is 12.9. The summed E-state index contributed by atoms with van der Waals surface area (Å²) < 4.78 is 5.65. The predicted molar refractivity (Wildman–Crippen MR) is 122 cm³/mol. The van der Waals surface area contributed by atoms with Crippen LogP contribution < -0.4 is 5.32 Å². The van der Waals surface area contributed by atoms with Gasteiger partial charge >= 0.3 is 12.1 Å². The van der Waals surface area contributed by atoms with Gasteiger partial charge in [-0.3, -0.25) is 9.59 Å². The highest BCUT2D eigenvalue weighted by Gasteiger charge is 2.41. The van der Waals surface area contributed by atoms with E-state index >= 15 is 0 Å². The number of alkyl carbamates (subject to hydrolysis) is 1. The molecule has 5 rings (SSSR count). The van der Waals surface area contributed by atoms with Crippen LogP contribution in [0.1, 0.15) is 42.7 Å². The Kier molecular flexibility index (Phi) is 5.79. The molecule has 33 heavy (non-hydrogen) atoms. The zero-order valence-electron chi connectivity index (χ0n) is 18.4. The molecule has 7 nitrogen and oxygen atoms in total. The standard InChI is InChI=1S/C26H28N2O5/c29-24(30)12-16-13-28(14-16)25(31)21-10-5-11-23(21)27-26(32)33-15-22-19-8-3-1-6-17(19)18-7-2-4-9-20(18)22/h1-4,6-9,16,21-23H,5,10-15H2,(H,27,32)(H,29,30)/t21-,23+/m0/s1. The number of hydrogen-bond donors (Lipinski definition) is 2. The first-order chi connectivity index (χ1) is 16.0. The first-order valence-electron chi connectivity index (χ1n) is 11.6. The molecule has 7 heteroatoms. The number of carbonyl (C=O) groups excluding carboxylic acids is 2. The molecule has 3 aliphatic rings. The van der Waals surface area contributed by atoms with Crippen molar-refractivity contribution in [3.8, 4) is 11.1 Å². The molecule has 2 aromatic rings. The lowest BCUT2D eigenvalue weighted by molar-refractivity contribution is -0.147. The Hall–Kier alpha value is -3.35. The van der Waals surface area contributed by atoms with E-state index in [0.717, 1.165) is 30.4 Å². The third kappa shape index (κ3) is 4.19. The Labute approximate surface area is 192 Å². The maximum absolute atomic E-state index is 12.9. The number of hydrogen-bond acceptors (Lipinski definition) is 4. The number of benzene rings is 2. The molecule has 2 N–H and O–H groups in total. The smallest absolute Gasteiger partial charge is 0.407 e. The fourth-order valence-corrected chi connectivity index (χ4v) is 5.58. The average Bonchev–Trinajstić information content (AvgIpc) is 3.36. The Morgan fingerprint density at radius 1 is 0.970 bits per heavy atom. The minimum atomic E-state index is -0.831. The molecule has 2 aliphatic carbocycles. The van der Waals surface area contributed by atoms with E-state index in [1.165, 1.54) is 11.1 Å². The van der Waals surface area contributed by atoms with E-state index in [4.69, 9.17) is 9.84 Å². The zero-order chi connectivity index (χ0) is 22.9. The summed E-state index contributed by atoms with van der Waals surface area (Å²) in [6, 6.07) is 16.2. The molecule has 0 unspecified atom stereocenters. The average molecular weight is 449 g/mol. The Balaban J connectivity index is 1.17. The van der Waals surface area contributed by atoms with Gasteiger partial charge in [0.1, 0.15) is 6.61 Å². The number of nitrogens with zero attached hydrogens (tertiary/aromatic N) is 1. The van der Waals surface area contributed by atoms with Crippen LogP contribution >= 0.6 is 0 Å². The van der Waals surface area contributed by atoms with Gasteiger partial charge in [0, 0.05) is 31.0 Å². The molecule has 2 fully saturated rings. The van der Waals surface area contributed by atoms with E-state index in [0.29, 0.717) is 13.1 Å². The van der Waals surface area contributed by atoms with Crippen LogP contribution in [0.3, 0.4) is 0 Å². The van der Waals surface area contributed by atoms with Crippen molar-refractivity contribution in [2.75, 3.05) is 19.7 Å². The lowest BCUT2D eigenvalue weighted by Crippen LogP contribution is -2.55. The topological polar surface area (TPSA) is 95.9 Å². The van der Waals surface area contributed by atoms with Crippen molar-refractivity contribution >= 4 is 18.0 Å². The van der Waals surface area contributed by atoms with Crippen molar-refractivity contribution in [2.24, 2.45) is 11.8 Å².